The molecule has 1 amide bonds. The van der Waals surface area contributed by atoms with Crippen LogP contribution in [0, 0.1) is 5.92 Å². The molecule has 0 bridgehead atoms. The first-order valence-corrected chi connectivity index (χ1v) is 6.67. The Morgan fingerprint density at radius 1 is 1.42 bits per heavy atom. The summed E-state index contributed by atoms with van der Waals surface area (Å²) < 4.78 is 5.13. The second-order valence-electron chi connectivity index (χ2n) is 5.02. The summed E-state index contributed by atoms with van der Waals surface area (Å²) in [6, 6.07) is 7.61. The quantitative estimate of drug-likeness (QED) is 0.786. The van der Waals surface area contributed by atoms with Crippen LogP contribution in [-0.4, -0.2) is 32.2 Å². The maximum absolute atomic E-state index is 12.2. The van der Waals surface area contributed by atoms with Gasteiger partial charge in [-0.05, 0) is 36.6 Å². The van der Waals surface area contributed by atoms with Gasteiger partial charge in [0.1, 0.15) is 0 Å². The summed E-state index contributed by atoms with van der Waals surface area (Å²) in [5, 5.41) is 3.01. The Morgan fingerprint density at radius 3 is 2.74 bits per heavy atom. The first-order valence-electron chi connectivity index (χ1n) is 6.67. The maximum atomic E-state index is 12.2. The summed E-state index contributed by atoms with van der Waals surface area (Å²) in [7, 11) is 1.64. The van der Waals surface area contributed by atoms with E-state index < -0.39 is 0 Å². The van der Waals surface area contributed by atoms with Crippen LogP contribution in [-0.2, 0) is 11.2 Å². The molecule has 1 atom stereocenters. The number of nitrogens with two attached hydrogens (primary N) is 1. The summed E-state index contributed by atoms with van der Waals surface area (Å²) in [5.74, 6) is 0.269. The molecule has 106 valence electrons. The molecule has 0 radical (unpaired) electrons. The Hall–Kier alpha value is -1.39. The molecule has 0 aliphatic rings. The SMILES string of the molecule is COCC(NC(=O)c1cccc(CCN)c1)C(C)C. The average molecular weight is 264 g/mol. The smallest absolute Gasteiger partial charge is 0.251 e. The monoisotopic (exact) mass is 264 g/mol. The van der Waals surface area contributed by atoms with Crippen molar-refractivity contribution in [2.45, 2.75) is 26.3 Å². The van der Waals surface area contributed by atoms with Crippen LogP contribution in [0.3, 0.4) is 0 Å². The topological polar surface area (TPSA) is 64.3 Å². The highest BCUT2D eigenvalue weighted by Gasteiger charge is 2.17. The number of carbonyl (C=O) groups excluding carboxylic acids is 1. The van der Waals surface area contributed by atoms with E-state index in [1.165, 1.54) is 0 Å². The van der Waals surface area contributed by atoms with Crippen LogP contribution < -0.4 is 11.1 Å². The number of benzene rings is 1. The van der Waals surface area contributed by atoms with Crippen molar-refractivity contribution in [3.05, 3.63) is 35.4 Å². The van der Waals surface area contributed by atoms with Crippen molar-refractivity contribution in [3.63, 3.8) is 0 Å². The van der Waals surface area contributed by atoms with E-state index in [0.29, 0.717) is 24.6 Å². The lowest BCUT2D eigenvalue weighted by Gasteiger charge is -2.21. The zero-order chi connectivity index (χ0) is 14.3. The lowest BCUT2D eigenvalue weighted by molar-refractivity contribution is 0.0866. The zero-order valence-corrected chi connectivity index (χ0v) is 12.0. The molecular weight excluding hydrogens is 240 g/mol. The minimum Gasteiger partial charge on any atom is -0.383 e. The summed E-state index contributed by atoms with van der Waals surface area (Å²) in [4.78, 5) is 12.2. The molecule has 4 nitrogen and oxygen atoms in total. The van der Waals surface area contributed by atoms with Crippen LogP contribution in [0.5, 0.6) is 0 Å². The Labute approximate surface area is 115 Å². The van der Waals surface area contributed by atoms with Gasteiger partial charge in [0.2, 0.25) is 0 Å². The number of ether oxygens (including phenoxy) is 1. The van der Waals surface area contributed by atoms with E-state index in [4.69, 9.17) is 10.5 Å². The van der Waals surface area contributed by atoms with Crippen LogP contribution in [0.25, 0.3) is 0 Å². The second-order valence-corrected chi connectivity index (χ2v) is 5.02. The summed E-state index contributed by atoms with van der Waals surface area (Å²) in [6.45, 7) is 5.24. The molecule has 0 aliphatic carbocycles. The van der Waals surface area contributed by atoms with Crippen LogP contribution in [0.1, 0.15) is 29.8 Å². The summed E-state index contributed by atoms with van der Waals surface area (Å²) in [5.41, 5.74) is 7.29. The third-order valence-corrected chi connectivity index (χ3v) is 3.09. The van der Waals surface area contributed by atoms with Crippen molar-refractivity contribution in [3.8, 4) is 0 Å². The molecule has 0 aromatic heterocycles. The van der Waals surface area contributed by atoms with Gasteiger partial charge in [-0.3, -0.25) is 4.79 Å². The van der Waals surface area contributed by atoms with E-state index in [9.17, 15) is 4.79 Å². The molecule has 0 saturated carbocycles. The molecule has 0 heterocycles. The van der Waals surface area contributed by atoms with Crippen LogP contribution >= 0.6 is 0 Å². The lowest BCUT2D eigenvalue weighted by atomic mass is 10.0. The van der Waals surface area contributed by atoms with Crippen LogP contribution in [0.4, 0.5) is 0 Å². The van der Waals surface area contributed by atoms with E-state index in [2.05, 4.69) is 19.2 Å². The number of rotatable bonds is 7. The third-order valence-electron chi connectivity index (χ3n) is 3.09. The van der Waals surface area contributed by atoms with E-state index in [0.717, 1.165) is 12.0 Å². The van der Waals surface area contributed by atoms with Gasteiger partial charge in [-0.2, -0.15) is 0 Å². The fraction of sp³-hybridized carbons (Fsp3) is 0.533. The van der Waals surface area contributed by atoms with Crippen molar-refractivity contribution in [2.75, 3.05) is 20.3 Å². The van der Waals surface area contributed by atoms with Gasteiger partial charge in [0.15, 0.2) is 0 Å². The Kier molecular flexibility index (Phi) is 6.53. The van der Waals surface area contributed by atoms with Gasteiger partial charge < -0.3 is 15.8 Å². The number of methoxy groups -OCH3 is 1. The molecule has 0 saturated heterocycles. The van der Waals surface area contributed by atoms with Crippen LogP contribution in [0.2, 0.25) is 0 Å². The van der Waals surface area contributed by atoms with Gasteiger partial charge in [-0.25, -0.2) is 0 Å². The summed E-state index contributed by atoms with van der Waals surface area (Å²) in [6.07, 6.45) is 0.785. The van der Waals surface area contributed by atoms with E-state index in [1.807, 2.05) is 24.3 Å². The van der Waals surface area contributed by atoms with Gasteiger partial charge in [-0.15, -0.1) is 0 Å². The molecule has 1 unspecified atom stereocenters. The second kappa shape index (κ2) is 7.92. The standard InChI is InChI=1S/C15H24N2O2/c1-11(2)14(10-19-3)17-15(18)13-6-4-5-12(9-13)7-8-16/h4-6,9,11,14H,7-8,10,16H2,1-3H3,(H,17,18). The molecule has 0 spiro atoms. The molecule has 1 aromatic carbocycles. The predicted molar refractivity (Wildman–Crippen MR) is 77.2 cm³/mol. The highest BCUT2D eigenvalue weighted by atomic mass is 16.5. The van der Waals surface area contributed by atoms with Gasteiger partial charge >= 0.3 is 0 Å². The summed E-state index contributed by atoms with van der Waals surface area (Å²) >= 11 is 0. The molecule has 4 heteroatoms. The number of nitrogens with one attached hydrogen (secondary N) is 1. The number of carbonyl (C=O) groups is 1. The molecule has 0 aliphatic heterocycles. The molecule has 3 N–H and O–H groups in total. The molecule has 1 aromatic rings. The molecule has 0 fully saturated rings. The largest absolute Gasteiger partial charge is 0.383 e. The molecule has 19 heavy (non-hydrogen) atoms. The van der Waals surface area contributed by atoms with Crippen molar-refractivity contribution in [1.82, 2.24) is 5.32 Å². The van der Waals surface area contributed by atoms with Gasteiger partial charge in [0, 0.05) is 12.7 Å². The van der Waals surface area contributed by atoms with E-state index >= 15 is 0 Å². The Morgan fingerprint density at radius 2 is 2.16 bits per heavy atom. The highest BCUT2D eigenvalue weighted by molar-refractivity contribution is 5.94. The van der Waals surface area contributed by atoms with Gasteiger partial charge in [-0.1, -0.05) is 26.0 Å². The van der Waals surface area contributed by atoms with Crippen molar-refractivity contribution >= 4 is 5.91 Å². The molecule has 1 rings (SSSR count). The first kappa shape index (κ1) is 15.7. The molecular formula is C15H24N2O2. The van der Waals surface area contributed by atoms with Crippen LogP contribution in [0.15, 0.2) is 24.3 Å². The van der Waals surface area contributed by atoms with Crippen molar-refractivity contribution in [1.29, 1.82) is 0 Å². The average Bonchev–Trinajstić information content (AvgIpc) is 2.38. The minimum absolute atomic E-state index is 0.0238. The number of amides is 1. The Bertz CT molecular complexity index is 405. The number of hydrogen-bond acceptors (Lipinski definition) is 3. The normalized spacial score (nSPS) is 12.5. The van der Waals surface area contributed by atoms with Gasteiger partial charge in [0.05, 0.1) is 12.6 Å². The Balaban J connectivity index is 2.73. The van der Waals surface area contributed by atoms with Gasteiger partial charge in [0.25, 0.3) is 5.91 Å². The lowest BCUT2D eigenvalue weighted by Crippen LogP contribution is -2.41. The third kappa shape index (κ3) is 5.01. The van der Waals surface area contributed by atoms with E-state index in [1.54, 1.807) is 7.11 Å². The minimum atomic E-state index is -0.0605. The van der Waals surface area contributed by atoms with E-state index in [-0.39, 0.29) is 11.9 Å². The maximum Gasteiger partial charge on any atom is 0.251 e. The zero-order valence-electron chi connectivity index (χ0n) is 12.0. The first-order chi connectivity index (χ1) is 9.08. The number of hydrogen-bond donors (Lipinski definition) is 2. The highest BCUT2D eigenvalue weighted by Crippen LogP contribution is 2.08. The van der Waals surface area contributed by atoms with Crippen molar-refractivity contribution in [2.24, 2.45) is 11.7 Å². The van der Waals surface area contributed by atoms with Crippen molar-refractivity contribution < 1.29 is 9.53 Å². The fourth-order valence-corrected chi connectivity index (χ4v) is 1.87. The predicted octanol–water partition coefficient (Wildman–Crippen LogP) is 1.59. The fourth-order valence-electron chi connectivity index (χ4n) is 1.87.